The molecule has 1 unspecified atom stereocenters. The van der Waals surface area contributed by atoms with E-state index in [9.17, 15) is 14.7 Å². The summed E-state index contributed by atoms with van der Waals surface area (Å²) in [5.74, 6) is 0.105. The number of allylic oxidation sites excluding steroid dienone is 3. The normalized spacial score (nSPS) is 24.6. The fourth-order valence-corrected chi connectivity index (χ4v) is 4.94. The first-order valence-corrected chi connectivity index (χ1v) is 11.9. The summed E-state index contributed by atoms with van der Waals surface area (Å²) in [4.78, 5) is 23.2. The number of thioether (sulfide) groups is 1. The number of carbonyl (C=O) groups is 2. The predicted molar refractivity (Wildman–Crippen MR) is 119 cm³/mol. The zero-order valence-electron chi connectivity index (χ0n) is 17.9. The zero-order chi connectivity index (χ0) is 21.7. The Bertz CT molecular complexity index is 555. The molecule has 0 radical (unpaired) electrons. The van der Waals surface area contributed by atoms with Crippen LogP contribution in [0.5, 0.6) is 0 Å². The molecule has 29 heavy (non-hydrogen) atoms. The highest BCUT2D eigenvalue weighted by Crippen LogP contribution is 2.40. The van der Waals surface area contributed by atoms with Gasteiger partial charge in [0.1, 0.15) is 5.78 Å². The summed E-state index contributed by atoms with van der Waals surface area (Å²) in [7, 11) is 0. The molecule has 1 aliphatic rings. The van der Waals surface area contributed by atoms with Crippen LogP contribution in [0.2, 0.25) is 0 Å². The first kappa shape index (κ1) is 25.9. The molecule has 0 aromatic rings. The average molecular weight is 427 g/mol. The van der Waals surface area contributed by atoms with Crippen molar-refractivity contribution in [1.29, 1.82) is 0 Å². The van der Waals surface area contributed by atoms with E-state index < -0.39 is 11.6 Å². The molecule has 0 heterocycles. The summed E-state index contributed by atoms with van der Waals surface area (Å²) in [5.41, 5.74) is -0.720. The smallest absolute Gasteiger partial charge is 0.303 e. The van der Waals surface area contributed by atoms with Gasteiger partial charge in [0.05, 0.1) is 12.2 Å². The number of unbranched alkanes of at least 4 members (excludes halogenated alkanes) is 2. The molecule has 4 atom stereocenters. The number of Topliss-reactive ketones (excluding diaryl/α,β-unsaturated/α-hetero) is 1. The lowest BCUT2D eigenvalue weighted by Crippen LogP contribution is -2.23. The Morgan fingerprint density at radius 1 is 1.28 bits per heavy atom. The van der Waals surface area contributed by atoms with Crippen molar-refractivity contribution < 1.29 is 24.9 Å². The molecule has 6 heteroatoms. The quantitative estimate of drug-likeness (QED) is 0.266. The third kappa shape index (κ3) is 10.5. The van der Waals surface area contributed by atoms with Crippen molar-refractivity contribution in [3.05, 3.63) is 24.3 Å². The molecule has 0 saturated heterocycles. The Morgan fingerprint density at radius 3 is 2.69 bits per heavy atom. The maximum absolute atomic E-state index is 12.6. The molecule has 0 aliphatic heterocycles. The number of aliphatic hydroxyl groups excluding tert-OH is 1. The summed E-state index contributed by atoms with van der Waals surface area (Å²) in [5, 5.41) is 28.5. The van der Waals surface area contributed by atoms with Gasteiger partial charge in [0.25, 0.3) is 0 Å². The highest BCUT2D eigenvalue weighted by Gasteiger charge is 2.40. The number of ketones is 1. The van der Waals surface area contributed by atoms with Crippen molar-refractivity contribution in [1.82, 2.24) is 0 Å². The van der Waals surface area contributed by atoms with E-state index in [-0.39, 0.29) is 35.9 Å². The summed E-state index contributed by atoms with van der Waals surface area (Å²) in [6.45, 7) is 4.08. The highest BCUT2D eigenvalue weighted by molar-refractivity contribution is 8.00. The number of carbonyl (C=O) groups excluding carboxylic acids is 1. The van der Waals surface area contributed by atoms with Crippen molar-refractivity contribution in [3.63, 3.8) is 0 Å². The molecule has 166 valence electrons. The molecule has 3 N–H and O–H groups in total. The van der Waals surface area contributed by atoms with Gasteiger partial charge in [-0.15, -0.1) is 0 Å². The molecule has 5 nitrogen and oxygen atoms in total. The van der Waals surface area contributed by atoms with Gasteiger partial charge in [-0.05, 0) is 44.9 Å². The van der Waals surface area contributed by atoms with Gasteiger partial charge < -0.3 is 15.3 Å². The number of hydrogen-bond donors (Lipinski definition) is 3. The molecule has 1 fully saturated rings. The lowest BCUT2D eigenvalue weighted by atomic mass is 9.89. The molecule has 1 saturated carbocycles. The third-order valence-electron chi connectivity index (χ3n) is 5.44. The second-order valence-corrected chi connectivity index (χ2v) is 9.56. The maximum Gasteiger partial charge on any atom is 0.303 e. The molecule has 0 aromatic heterocycles. The van der Waals surface area contributed by atoms with E-state index >= 15 is 0 Å². The van der Waals surface area contributed by atoms with Crippen molar-refractivity contribution >= 4 is 23.5 Å². The van der Waals surface area contributed by atoms with Gasteiger partial charge in [0.15, 0.2) is 0 Å². The van der Waals surface area contributed by atoms with E-state index in [0.717, 1.165) is 19.3 Å². The minimum Gasteiger partial charge on any atom is -0.481 e. The Labute approximate surface area is 179 Å². The van der Waals surface area contributed by atoms with Gasteiger partial charge >= 0.3 is 5.97 Å². The van der Waals surface area contributed by atoms with Crippen LogP contribution in [0.3, 0.4) is 0 Å². The molecule has 1 aliphatic carbocycles. The Morgan fingerprint density at radius 2 is 2.03 bits per heavy atom. The van der Waals surface area contributed by atoms with Crippen molar-refractivity contribution in [2.45, 2.75) is 82.5 Å². The standard InChI is InChI=1S/C23H38O5S/c1-3-4-13-23(2,28)14-9-11-19-18(10-7-5-6-8-12-22(26)27)20(25)17-21(19)29-16-15-24/h5,7,9,11,18-19,21,24,28H,3-4,6,8,10,12-17H2,1-2H3,(H,26,27)/t18-,19-,21-,23?/m1/s1. The fourth-order valence-electron chi connectivity index (χ4n) is 3.75. The first-order valence-electron chi connectivity index (χ1n) is 10.8. The third-order valence-corrected chi connectivity index (χ3v) is 6.76. The molecule has 1 rings (SSSR count). The van der Waals surface area contributed by atoms with Gasteiger partial charge in [-0.25, -0.2) is 0 Å². The van der Waals surface area contributed by atoms with Gasteiger partial charge in [-0.2, -0.15) is 11.8 Å². The second kappa shape index (κ2) is 14.0. The number of rotatable bonds is 15. The Balaban J connectivity index is 2.70. The molecule has 0 bridgehead atoms. The van der Waals surface area contributed by atoms with Gasteiger partial charge in [-0.1, -0.05) is 44.1 Å². The van der Waals surface area contributed by atoms with Crippen LogP contribution in [-0.4, -0.2) is 50.3 Å². The lowest BCUT2D eigenvalue weighted by Gasteiger charge is -2.23. The molecule has 0 amide bonds. The summed E-state index contributed by atoms with van der Waals surface area (Å²) in [6, 6.07) is 0. The topological polar surface area (TPSA) is 94.8 Å². The highest BCUT2D eigenvalue weighted by atomic mass is 32.2. The molecular weight excluding hydrogens is 388 g/mol. The van der Waals surface area contributed by atoms with Crippen LogP contribution in [0.25, 0.3) is 0 Å². The average Bonchev–Trinajstić information content (AvgIpc) is 2.95. The number of aliphatic carboxylic acids is 1. The van der Waals surface area contributed by atoms with Crippen molar-refractivity contribution in [2.24, 2.45) is 11.8 Å². The van der Waals surface area contributed by atoms with E-state index in [1.165, 1.54) is 0 Å². The van der Waals surface area contributed by atoms with Crippen LogP contribution in [-0.2, 0) is 9.59 Å². The minimum atomic E-state index is -0.784. The number of hydrogen-bond acceptors (Lipinski definition) is 5. The second-order valence-electron chi connectivity index (χ2n) is 8.21. The zero-order valence-corrected chi connectivity index (χ0v) is 18.7. The fraction of sp³-hybridized carbons (Fsp3) is 0.739. The SMILES string of the molecule is CCCCC(C)(O)CC=C[C@H]1[C@H](SCCO)CC(=O)[C@@H]1CC=CCCCC(=O)O. The molecule has 0 spiro atoms. The maximum atomic E-state index is 12.6. The number of aliphatic hydroxyl groups is 2. The molecule has 0 aromatic carbocycles. The van der Waals surface area contributed by atoms with Crippen LogP contribution in [0.1, 0.15) is 71.6 Å². The number of carboxylic acid groups (broad SMARTS) is 1. The lowest BCUT2D eigenvalue weighted by molar-refractivity contribution is -0.137. The summed E-state index contributed by atoms with van der Waals surface area (Å²) < 4.78 is 0. The van der Waals surface area contributed by atoms with Crippen LogP contribution in [0.4, 0.5) is 0 Å². The van der Waals surface area contributed by atoms with Crippen LogP contribution >= 0.6 is 11.8 Å². The largest absolute Gasteiger partial charge is 0.481 e. The summed E-state index contributed by atoms with van der Waals surface area (Å²) >= 11 is 1.65. The monoisotopic (exact) mass is 426 g/mol. The van der Waals surface area contributed by atoms with Crippen LogP contribution < -0.4 is 0 Å². The molecular formula is C23H38O5S. The summed E-state index contributed by atoms with van der Waals surface area (Å²) in [6.07, 6.45) is 14.1. The first-order chi connectivity index (χ1) is 13.8. The van der Waals surface area contributed by atoms with E-state index in [0.29, 0.717) is 37.9 Å². The van der Waals surface area contributed by atoms with E-state index in [1.807, 2.05) is 25.2 Å². The Hall–Kier alpha value is -1.11. The van der Waals surface area contributed by atoms with E-state index in [2.05, 4.69) is 13.0 Å². The predicted octanol–water partition coefficient (Wildman–Crippen LogP) is 4.37. The van der Waals surface area contributed by atoms with Gasteiger partial charge in [-0.3, -0.25) is 9.59 Å². The van der Waals surface area contributed by atoms with Crippen LogP contribution in [0.15, 0.2) is 24.3 Å². The van der Waals surface area contributed by atoms with E-state index in [4.69, 9.17) is 10.2 Å². The number of carboxylic acids is 1. The van der Waals surface area contributed by atoms with Gasteiger partial charge in [0.2, 0.25) is 0 Å². The Kier molecular flexibility index (Phi) is 12.5. The van der Waals surface area contributed by atoms with Crippen LogP contribution in [0, 0.1) is 11.8 Å². The minimum absolute atomic E-state index is 0.0845. The van der Waals surface area contributed by atoms with Crippen molar-refractivity contribution in [3.8, 4) is 0 Å². The van der Waals surface area contributed by atoms with E-state index in [1.54, 1.807) is 11.8 Å². The van der Waals surface area contributed by atoms with Crippen molar-refractivity contribution in [2.75, 3.05) is 12.4 Å². The van der Waals surface area contributed by atoms with Gasteiger partial charge in [0, 0.05) is 29.8 Å².